The molecule has 2 atom stereocenters. The normalized spacial score (nSPS) is 17.5. The molecule has 0 amide bonds. The summed E-state index contributed by atoms with van der Waals surface area (Å²) in [6.07, 6.45) is 0.166. The predicted octanol–water partition coefficient (Wildman–Crippen LogP) is 2.76. The first kappa shape index (κ1) is 16.0. The highest BCUT2D eigenvalue weighted by atomic mass is 32.2. The van der Waals surface area contributed by atoms with Gasteiger partial charge in [0.15, 0.2) is 11.1 Å². The van der Waals surface area contributed by atoms with Crippen LogP contribution in [0.25, 0.3) is 0 Å². The summed E-state index contributed by atoms with van der Waals surface area (Å²) in [5, 5.41) is 0. The molecule has 2 aromatic rings. The molecular weight excluding hydrogens is 316 g/mol. The topological polar surface area (TPSA) is 68.3 Å². The van der Waals surface area contributed by atoms with E-state index in [1.807, 2.05) is 30.3 Å². The summed E-state index contributed by atoms with van der Waals surface area (Å²) < 4.78 is 36.9. The fourth-order valence-electron chi connectivity index (χ4n) is 2.12. The minimum Gasteiger partial charge on any atom is -0.491 e. The van der Waals surface area contributed by atoms with E-state index in [1.165, 1.54) is 0 Å². The van der Waals surface area contributed by atoms with Gasteiger partial charge in [0.1, 0.15) is 30.8 Å². The maximum absolute atomic E-state index is 11.2. The zero-order chi connectivity index (χ0) is 16.1. The lowest BCUT2D eigenvalue weighted by Gasteiger charge is -2.13. The van der Waals surface area contributed by atoms with E-state index >= 15 is 0 Å². The van der Waals surface area contributed by atoms with Crippen LogP contribution in [0.3, 0.4) is 0 Å². The molecule has 0 aliphatic carbocycles. The van der Waals surface area contributed by atoms with E-state index in [9.17, 15) is 8.76 Å². The zero-order valence-corrected chi connectivity index (χ0v) is 13.3. The van der Waals surface area contributed by atoms with Crippen molar-refractivity contribution < 1.29 is 23.0 Å². The maximum Gasteiger partial charge on any atom is 0.157 e. The molecule has 23 heavy (non-hydrogen) atoms. The molecule has 1 N–H and O–H groups in total. The fraction of sp³-hybridized carbons (Fsp3) is 0.294. The summed E-state index contributed by atoms with van der Waals surface area (Å²) in [4.78, 5) is 0. The molecule has 1 heterocycles. The van der Waals surface area contributed by atoms with Crippen LogP contribution in [-0.2, 0) is 28.2 Å². The van der Waals surface area contributed by atoms with Gasteiger partial charge in [-0.3, -0.25) is 0 Å². The van der Waals surface area contributed by atoms with Crippen LogP contribution in [-0.4, -0.2) is 28.1 Å². The molecule has 1 aliphatic rings. The SMILES string of the molecule is O=S(O)Cc1cc(OC[C@@H]2CO2)ccc1OCc1ccccc1. The predicted molar refractivity (Wildman–Crippen MR) is 86.9 cm³/mol. The van der Waals surface area contributed by atoms with Crippen LogP contribution in [0.4, 0.5) is 0 Å². The second-order valence-electron chi connectivity index (χ2n) is 5.28. The van der Waals surface area contributed by atoms with Crippen molar-refractivity contribution >= 4 is 11.1 Å². The van der Waals surface area contributed by atoms with Gasteiger partial charge in [-0.05, 0) is 23.8 Å². The van der Waals surface area contributed by atoms with Crippen molar-refractivity contribution in [3.63, 3.8) is 0 Å². The first-order valence-electron chi connectivity index (χ1n) is 7.32. The molecule has 1 unspecified atom stereocenters. The Morgan fingerprint density at radius 3 is 2.65 bits per heavy atom. The minimum atomic E-state index is -1.94. The second-order valence-corrected chi connectivity index (χ2v) is 6.21. The van der Waals surface area contributed by atoms with E-state index in [2.05, 4.69) is 0 Å². The smallest absolute Gasteiger partial charge is 0.157 e. The van der Waals surface area contributed by atoms with Crippen LogP contribution in [0.2, 0.25) is 0 Å². The molecular formula is C17H18O5S. The molecule has 122 valence electrons. The molecule has 0 radical (unpaired) electrons. The summed E-state index contributed by atoms with van der Waals surface area (Å²) in [5.74, 6) is 1.24. The molecule has 6 heteroatoms. The number of hydrogen-bond donors (Lipinski definition) is 1. The molecule has 2 aromatic carbocycles. The van der Waals surface area contributed by atoms with Gasteiger partial charge >= 0.3 is 0 Å². The number of epoxide rings is 1. The summed E-state index contributed by atoms with van der Waals surface area (Å²) in [6.45, 7) is 1.62. The van der Waals surface area contributed by atoms with E-state index < -0.39 is 11.1 Å². The van der Waals surface area contributed by atoms with Crippen LogP contribution in [0.15, 0.2) is 48.5 Å². The molecule has 0 bridgehead atoms. The molecule has 1 fully saturated rings. The van der Waals surface area contributed by atoms with Gasteiger partial charge in [0.05, 0.1) is 12.4 Å². The highest BCUT2D eigenvalue weighted by molar-refractivity contribution is 7.78. The van der Waals surface area contributed by atoms with Crippen molar-refractivity contribution in [1.82, 2.24) is 0 Å². The fourth-order valence-corrected chi connectivity index (χ4v) is 2.61. The molecule has 5 nitrogen and oxygen atoms in total. The Morgan fingerprint density at radius 2 is 1.96 bits per heavy atom. The van der Waals surface area contributed by atoms with E-state index in [-0.39, 0.29) is 11.9 Å². The lowest BCUT2D eigenvalue weighted by atomic mass is 10.2. The molecule has 0 saturated carbocycles. The molecule has 3 rings (SSSR count). The Kier molecular flexibility index (Phi) is 5.27. The summed E-state index contributed by atoms with van der Waals surface area (Å²) in [7, 11) is 0. The highest BCUT2D eigenvalue weighted by Gasteiger charge is 2.23. The third kappa shape index (κ3) is 5.06. The van der Waals surface area contributed by atoms with Crippen molar-refractivity contribution in [1.29, 1.82) is 0 Å². The standard InChI is InChI=1S/C17H18O5S/c18-23(19)12-14-8-15(20-10-16-11-21-16)6-7-17(14)22-9-13-4-2-1-3-5-13/h1-8,16H,9-12H2,(H,18,19)/t16-/m1/s1. The molecule has 1 aliphatic heterocycles. The van der Waals surface area contributed by atoms with E-state index in [0.29, 0.717) is 30.3 Å². The van der Waals surface area contributed by atoms with Crippen molar-refractivity contribution in [3.05, 3.63) is 59.7 Å². The van der Waals surface area contributed by atoms with Crippen LogP contribution < -0.4 is 9.47 Å². The number of ether oxygens (including phenoxy) is 3. The van der Waals surface area contributed by atoms with Gasteiger partial charge in [0.2, 0.25) is 0 Å². The van der Waals surface area contributed by atoms with Crippen LogP contribution >= 0.6 is 0 Å². The van der Waals surface area contributed by atoms with Gasteiger partial charge in [-0.2, -0.15) is 0 Å². The third-order valence-corrected chi connectivity index (χ3v) is 3.94. The Morgan fingerprint density at radius 1 is 1.17 bits per heavy atom. The van der Waals surface area contributed by atoms with E-state index in [4.69, 9.17) is 14.2 Å². The van der Waals surface area contributed by atoms with Crippen LogP contribution in [0.1, 0.15) is 11.1 Å². The van der Waals surface area contributed by atoms with Gasteiger partial charge in [-0.25, -0.2) is 4.21 Å². The van der Waals surface area contributed by atoms with Crippen LogP contribution in [0, 0.1) is 0 Å². The monoisotopic (exact) mass is 334 g/mol. The Hall–Kier alpha value is -1.89. The number of rotatable bonds is 8. The molecule has 1 saturated heterocycles. The van der Waals surface area contributed by atoms with Crippen molar-refractivity contribution in [2.45, 2.75) is 18.5 Å². The third-order valence-electron chi connectivity index (χ3n) is 3.39. The summed E-state index contributed by atoms with van der Waals surface area (Å²) in [6, 6.07) is 15.1. The van der Waals surface area contributed by atoms with Crippen LogP contribution in [0.5, 0.6) is 11.5 Å². The highest BCUT2D eigenvalue weighted by Crippen LogP contribution is 2.27. The quantitative estimate of drug-likeness (QED) is 0.594. The van der Waals surface area contributed by atoms with Crippen molar-refractivity contribution in [2.75, 3.05) is 13.2 Å². The first-order valence-corrected chi connectivity index (χ1v) is 8.60. The lowest BCUT2D eigenvalue weighted by Crippen LogP contribution is -2.06. The average Bonchev–Trinajstić information content (AvgIpc) is 3.37. The minimum absolute atomic E-state index is 0.00124. The van der Waals surface area contributed by atoms with E-state index in [1.54, 1.807) is 18.2 Å². The summed E-state index contributed by atoms with van der Waals surface area (Å²) >= 11 is -1.94. The first-order chi connectivity index (χ1) is 11.2. The van der Waals surface area contributed by atoms with Gasteiger partial charge in [-0.15, -0.1) is 0 Å². The Balaban J connectivity index is 1.69. The number of hydrogen-bond acceptors (Lipinski definition) is 4. The van der Waals surface area contributed by atoms with Gasteiger partial charge in [-0.1, -0.05) is 30.3 Å². The van der Waals surface area contributed by atoms with Gasteiger partial charge in [0.25, 0.3) is 0 Å². The zero-order valence-electron chi connectivity index (χ0n) is 12.5. The lowest BCUT2D eigenvalue weighted by molar-refractivity contribution is 0.261. The largest absolute Gasteiger partial charge is 0.491 e. The maximum atomic E-state index is 11.2. The van der Waals surface area contributed by atoms with Gasteiger partial charge < -0.3 is 18.8 Å². The Labute approximate surface area is 137 Å². The number of benzene rings is 2. The Bertz CT molecular complexity index is 670. The molecule has 0 aromatic heterocycles. The van der Waals surface area contributed by atoms with Gasteiger partial charge in [0, 0.05) is 5.56 Å². The second kappa shape index (κ2) is 7.59. The average molecular weight is 334 g/mol. The van der Waals surface area contributed by atoms with Crippen molar-refractivity contribution in [2.24, 2.45) is 0 Å². The molecule has 0 spiro atoms. The van der Waals surface area contributed by atoms with Crippen molar-refractivity contribution in [3.8, 4) is 11.5 Å². The van der Waals surface area contributed by atoms with E-state index in [0.717, 1.165) is 12.2 Å². The summed E-state index contributed by atoms with van der Waals surface area (Å²) in [5.41, 5.74) is 1.69.